The van der Waals surface area contributed by atoms with E-state index in [4.69, 9.17) is 5.73 Å². The maximum atomic E-state index is 12.0. The molecular formula is C14H22N4O2. The van der Waals surface area contributed by atoms with E-state index in [-0.39, 0.29) is 24.9 Å². The molecule has 0 fully saturated rings. The molecule has 0 aliphatic carbocycles. The second-order valence-electron chi connectivity index (χ2n) is 4.60. The van der Waals surface area contributed by atoms with Gasteiger partial charge in [-0.3, -0.25) is 14.5 Å². The number of carbonyl (C=O) groups excluding carboxylic acids is 2. The molecule has 1 rings (SSSR count). The first-order valence-electron chi connectivity index (χ1n) is 6.55. The number of nitrogens with two attached hydrogens (primary N) is 1. The molecule has 0 atom stereocenters. The largest absolute Gasteiger partial charge is 0.399 e. The number of carbonyl (C=O) groups is 2. The van der Waals surface area contributed by atoms with Crippen molar-refractivity contribution in [2.75, 3.05) is 37.7 Å². The predicted octanol–water partition coefficient (Wildman–Crippen LogP) is 0.584. The summed E-state index contributed by atoms with van der Waals surface area (Å²) in [6.45, 7) is 4.80. The van der Waals surface area contributed by atoms with Gasteiger partial charge in [-0.1, -0.05) is 13.0 Å². The molecule has 0 aromatic heterocycles. The highest BCUT2D eigenvalue weighted by atomic mass is 16.2. The summed E-state index contributed by atoms with van der Waals surface area (Å²) in [6, 6.07) is 5.37. The molecule has 0 aliphatic rings. The lowest BCUT2D eigenvalue weighted by Crippen LogP contribution is -2.40. The Morgan fingerprint density at radius 1 is 1.25 bits per heavy atom. The van der Waals surface area contributed by atoms with Gasteiger partial charge in [0.2, 0.25) is 11.8 Å². The molecule has 1 aromatic rings. The van der Waals surface area contributed by atoms with Crippen LogP contribution in [0.15, 0.2) is 18.2 Å². The molecule has 2 amide bonds. The number of nitrogens with one attached hydrogen (secondary N) is 2. The molecule has 0 aliphatic heterocycles. The Bertz CT molecular complexity index is 488. The molecule has 6 nitrogen and oxygen atoms in total. The molecule has 0 bridgehead atoms. The number of rotatable bonds is 6. The smallest absolute Gasteiger partial charge is 0.238 e. The van der Waals surface area contributed by atoms with Gasteiger partial charge in [0.25, 0.3) is 0 Å². The Kier molecular flexibility index (Phi) is 5.99. The van der Waals surface area contributed by atoms with Crippen molar-refractivity contribution in [2.24, 2.45) is 0 Å². The zero-order valence-electron chi connectivity index (χ0n) is 12.2. The molecule has 0 heterocycles. The minimum atomic E-state index is -0.163. The van der Waals surface area contributed by atoms with Crippen LogP contribution in [0.5, 0.6) is 0 Å². The Labute approximate surface area is 119 Å². The average Bonchev–Trinajstić information content (AvgIpc) is 2.41. The minimum Gasteiger partial charge on any atom is -0.399 e. The van der Waals surface area contributed by atoms with Gasteiger partial charge in [0, 0.05) is 18.4 Å². The minimum absolute atomic E-state index is 0.111. The Hall–Kier alpha value is -2.08. The molecule has 6 heteroatoms. The summed E-state index contributed by atoms with van der Waals surface area (Å²) in [7, 11) is 1.58. The first-order valence-corrected chi connectivity index (χ1v) is 6.55. The quantitative estimate of drug-likeness (QED) is 0.664. The molecule has 0 saturated heterocycles. The molecule has 0 spiro atoms. The third kappa shape index (κ3) is 4.89. The van der Waals surface area contributed by atoms with Gasteiger partial charge in [-0.2, -0.15) is 0 Å². The van der Waals surface area contributed by atoms with Crippen molar-refractivity contribution >= 4 is 23.2 Å². The van der Waals surface area contributed by atoms with E-state index < -0.39 is 0 Å². The lowest BCUT2D eigenvalue weighted by molar-refractivity contribution is -0.123. The fraction of sp³-hybridized carbons (Fsp3) is 0.429. The number of amides is 2. The molecule has 0 unspecified atom stereocenters. The molecule has 20 heavy (non-hydrogen) atoms. The summed E-state index contributed by atoms with van der Waals surface area (Å²) < 4.78 is 0. The Morgan fingerprint density at radius 2 is 1.90 bits per heavy atom. The number of aryl methyl sites for hydroxylation is 1. The van der Waals surface area contributed by atoms with Crippen molar-refractivity contribution < 1.29 is 9.59 Å². The van der Waals surface area contributed by atoms with Crippen molar-refractivity contribution in [1.29, 1.82) is 0 Å². The second-order valence-corrected chi connectivity index (χ2v) is 4.60. The molecule has 0 saturated carbocycles. The van der Waals surface area contributed by atoms with Gasteiger partial charge in [0.1, 0.15) is 0 Å². The van der Waals surface area contributed by atoms with Crippen molar-refractivity contribution in [2.45, 2.75) is 13.8 Å². The van der Waals surface area contributed by atoms with Crippen molar-refractivity contribution in [1.82, 2.24) is 10.2 Å². The zero-order valence-corrected chi connectivity index (χ0v) is 12.2. The number of anilines is 2. The summed E-state index contributed by atoms with van der Waals surface area (Å²) in [6.07, 6.45) is 0. The first-order chi connectivity index (χ1) is 9.46. The van der Waals surface area contributed by atoms with Gasteiger partial charge in [-0.25, -0.2) is 0 Å². The topological polar surface area (TPSA) is 87.5 Å². The maximum absolute atomic E-state index is 12.0. The molecule has 110 valence electrons. The van der Waals surface area contributed by atoms with Gasteiger partial charge in [0.05, 0.1) is 13.1 Å². The van der Waals surface area contributed by atoms with Crippen LogP contribution in [0, 0.1) is 6.92 Å². The summed E-state index contributed by atoms with van der Waals surface area (Å²) in [5.74, 6) is -0.274. The van der Waals surface area contributed by atoms with Crippen molar-refractivity contribution in [3.05, 3.63) is 23.8 Å². The molecular weight excluding hydrogens is 256 g/mol. The normalized spacial score (nSPS) is 10.4. The van der Waals surface area contributed by atoms with Gasteiger partial charge in [-0.15, -0.1) is 0 Å². The lowest BCUT2D eigenvalue weighted by Gasteiger charge is -2.19. The van der Waals surface area contributed by atoms with Crippen LogP contribution in [0.4, 0.5) is 11.4 Å². The van der Waals surface area contributed by atoms with Gasteiger partial charge < -0.3 is 16.4 Å². The number of likely N-dealkylation sites (N-methyl/N-ethyl adjacent to an activating group) is 2. The second kappa shape index (κ2) is 7.49. The third-order valence-corrected chi connectivity index (χ3v) is 3.00. The Balaban J connectivity index is 2.61. The van der Waals surface area contributed by atoms with Gasteiger partial charge in [-0.05, 0) is 31.2 Å². The fourth-order valence-electron chi connectivity index (χ4n) is 1.73. The molecule has 0 radical (unpaired) electrons. The van der Waals surface area contributed by atoms with E-state index in [0.29, 0.717) is 17.9 Å². The van der Waals surface area contributed by atoms with Crippen LogP contribution in [0.3, 0.4) is 0 Å². The van der Waals surface area contributed by atoms with Crippen LogP contribution in [0.1, 0.15) is 12.5 Å². The number of nitrogens with zero attached hydrogens (tertiary/aromatic N) is 1. The van der Waals surface area contributed by atoms with Crippen LogP contribution < -0.4 is 16.4 Å². The highest BCUT2D eigenvalue weighted by molar-refractivity contribution is 5.93. The van der Waals surface area contributed by atoms with E-state index in [0.717, 1.165) is 5.56 Å². The van der Waals surface area contributed by atoms with Crippen LogP contribution >= 0.6 is 0 Å². The molecule has 4 N–H and O–H groups in total. The van der Waals surface area contributed by atoms with Gasteiger partial charge in [0.15, 0.2) is 0 Å². The SMILES string of the molecule is CCN(CC(=O)NC)CC(=O)Nc1cc(N)ccc1C. The summed E-state index contributed by atoms with van der Waals surface area (Å²) in [4.78, 5) is 25.1. The van der Waals surface area contributed by atoms with Crippen LogP contribution in [0.25, 0.3) is 0 Å². The van der Waals surface area contributed by atoms with E-state index in [2.05, 4.69) is 10.6 Å². The van der Waals surface area contributed by atoms with Crippen LogP contribution in [0.2, 0.25) is 0 Å². The number of hydrogen-bond donors (Lipinski definition) is 3. The number of benzene rings is 1. The average molecular weight is 278 g/mol. The Morgan fingerprint density at radius 3 is 2.50 bits per heavy atom. The predicted molar refractivity (Wildman–Crippen MR) is 80.4 cm³/mol. The van der Waals surface area contributed by atoms with Gasteiger partial charge >= 0.3 is 0 Å². The highest BCUT2D eigenvalue weighted by Crippen LogP contribution is 2.17. The van der Waals surface area contributed by atoms with Crippen molar-refractivity contribution in [3.63, 3.8) is 0 Å². The monoisotopic (exact) mass is 278 g/mol. The van der Waals surface area contributed by atoms with E-state index in [9.17, 15) is 9.59 Å². The summed E-state index contributed by atoms with van der Waals surface area (Å²) in [5.41, 5.74) is 7.95. The standard InChI is InChI=1S/C14H22N4O2/c1-4-18(8-13(19)16-3)9-14(20)17-12-7-11(15)6-5-10(12)2/h5-7H,4,8-9,15H2,1-3H3,(H,16,19)(H,17,20). The van der Waals surface area contributed by atoms with E-state index in [1.54, 1.807) is 24.1 Å². The molecule has 1 aromatic carbocycles. The van der Waals surface area contributed by atoms with E-state index in [1.165, 1.54) is 0 Å². The summed E-state index contributed by atoms with van der Waals surface area (Å²) in [5, 5.41) is 5.36. The van der Waals surface area contributed by atoms with E-state index in [1.807, 2.05) is 19.9 Å². The first kappa shape index (κ1) is 16.0. The number of hydrogen-bond acceptors (Lipinski definition) is 4. The fourth-order valence-corrected chi connectivity index (χ4v) is 1.73. The zero-order chi connectivity index (χ0) is 15.1. The third-order valence-electron chi connectivity index (χ3n) is 3.00. The highest BCUT2D eigenvalue weighted by Gasteiger charge is 2.13. The number of nitrogen functional groups attached to an aromatic ring is 1. The van der Waals surface area contributed by atoms with Crippen molar-refractivity contribution in [3.8, 4) is 0 Å². The van der Waals surface area contributed by atoms with Crippen LogP contribution in [-0.2, 0) is 9.59 Å². The maximum Gasteiger partial charge on any atom is 0.238 e. The lowest BCUT2D eigenvalue weighted by atomic mass is 10.2. The van der Waals surface area contributed by atoms with Crippen LogP contribution in [-0.4, -0.2) is 43.4 Å². The summed E-state index contributed by atoms with van der Waals surface area (Å²) >= 11 is 0. The van der Waals surface area contributed by atoms with E-state index >= 15 is 0 Å².